The van der Waals surface area contributed by atoms with Crippen molar-refractivity contribution in [3.63, 3.8) is 0 Å². The molecule has 0 radical (unpaired) electrons. The Hall–Kier alpha value is -3.12. The Morgan fingerprint density at radius 2 is 1.71 bits per heavy atom. The molecule has 1 N–H and O–H groups in total. The summed E-state index contributed by atoms with van der Waals surface area (Å²) < 4.78 is 2.53. The average Bonchev–Trinajstić information content (AvgIpc) is 3.18. The predicted octanol–water partition coefficient (Wildman–Crippen LogP) is 2.78. The van der Waals surface area contributed by atoms with Crippen LogP contribution in [0.1, 0.15) is 17.7 Å². The molecule has 1 aliphatic rings. The number of benzene rings is 2. The minimum atomic E-state index is -0.517. The Labute approximate surface area is 166 Å². The molecule has 1 aromatic heterocycles. The fraction of sp³-hybridized carbons (Fsp3) is 0.190. The van der Waals surface area contributed by atoms with Crippen LogP contribution in [0.4, 0.5) is 5.69 Å². The summed E-state index contributed by atoms with van der Waals surface area (Å²) in [6.45, 7) is -0.149. The molecule has 0 bridgehead atoms. The van der Waals surface area contributed by atoms with Crippen molar-refractivity contribution in [2.45, 2.75) is 25.8 Å². The number of hydrogen-bond donors (Lipinski definition) is 1. The van der Waals surface area contributed by atoms with Gasteiger partial charge in [0.1, 0.15) is 6.54 Å². The molecule has 3 aromatic rings. The van der Waals surface area contributed by atoms with Gasteiger partial charge in [-0.3, -0.25) is 14.2 Å². The van der Waals surface area contributed by atoms with Crippen LogP contribution in [0.25, 0.3) is 5.69 Å². The lowest BCUT2D eigenvalue weighted by Gasteiger charge is -2.15. The van der Waals surface area contributed by atoms with Crippen LogP contribution in [0.3, 0.4) is 0 Å². The predicted molar refractivity (Wildman–Crippen MR) is 108 cm³/mol. The quantitative estimate of drug-likeness (QED) is 0.738. The summed E-state index contributed by atoms with van der Waals surface area (Å²) in [6, 6.07) is 15.6. The summed E-state index contributed by atoms with van der Waals surface area (Å²) in [6.07, 6.45) is 2.00. The molecule has 142 valence electrons. The van der Waals surface area contributed by atoms with Gasteiger partial charge in [-0.1, -0.05) is 29.8 Å². The molecule has 0 saturated heterocycles. The van der Waals surface area contributed by atoms with E-state index in [4.69, 9.17) is 11.6 Å². The molecule has 7 heteroatoms. The Morgan fingerprint density at radius 3 is 2.43 bits per heavy atom. The number of rotatable bonds is 4. The van der Waals surface area contributed by atoms with Crippen LogP contribution in [0, 0.1) is 0 Å². The van der Waals surface area contributed by atoms with Crippen molar-refractivity contribution in [3.05, 3.63) is 91.7 Å². The van der Waals surface area contributed by atoms with E-state index in [9.17, 15) is 14.4 Å². The lowest BCUT2D eigenvalue weighted by atomic mass is 10.2. The number of carbonyl (C=O) groups is 1. The summed E-state index contributed by atoms with van der Waals surface area (Å²) in [5.74, 6) is -0.316. The first-order valence-corrected chi connectivity index (χ1v) is 9.41. The number of amides is 1. The Bertz CT molecular complexity index is 1150. The van der Waals surface area contributed by atoms with Crippen molar-refractivity contribution in [3.8, 4) is 5.69 Å². The molecule has 0 saturated carbocycles. The van der Waals surface area contributed by atoms with Crippen LogP contribution < -0.4 is 16.6 Å². The summed E-state index contributed by atoms with van der Waals surface area (Å²) >= 11 is 5.93. The fourth-order valence-corrected chi connectivity index (χ4v) is 3.69. The summed E-state index contributed by atoms with van der Waals surface area (Å²) in [4.78, 5) is 38.6. The van der Waals surface area contributed by atoms with Gasteiger partial charge in [0.2, 0.25) is 5.91 Å². The average molecular weight is 396 g/mol. The van der Waals surface area contributed by atoms with Gasteiger partial charge < -0.3 is 5.32 Å². The van der Waals surface area contributed by atoms with Crippen molar-refractivity contribution >= 4 is 23.2 Å². The van der Waals surface area contributed by atoms with Crippen LogP contribution in [-0.4, -0.2) is 15.0 Å². The number of halogens is 1. The molecule has 0 spiro atoms. The van der Waals surface area contributed by atoms with Crippen LogP contribution in [0.2, 0.25) is 5.02 Å². The zero-order chi connectivity index (χ0) is 19.7. The van der Waals surface area contributed by atoms with E-state index in [0.717, 1.165) is 11.0 Å². The highest BCUT2D eigenvalue weighted by atomic mass is 35.5. The first-order chi connectivity index (χ1) is 13.5. The van der Waals surface area contributed by atoms with Gasteiger partial charge in [0.05, 0.1) is 5.69 Å². The summed E-state index contributed by atoms with van der Waals surface area (Å²) in [5, 5.41) is 3.30. The SMILES string of the molecule is O=C(Cn1c2c(c(=O)n(-c3ccc(Cl)cc3)c1=O)CCC2)Nc1ccccc1. The molecule has 0 fully saturated rings. The molecule has 6 nitrogen and oxygen atoms in total. The third-order valence-electron chi connectivity index (χ3n) is 4.84. The second-order valence-corrected chi connectivity index (χ2v) is 7.12. The Balaban J connectivity index is 1.77. The topological polar surface area (TPSA) is 73.1 Å². The zero-order valence-electron chi connectivity index (χ0n) is 15.0. The van der Waals surface area contributed by atoms with Gasteiger partial charge in [0.25, 0.3) is 5.56 Å². The van der Waals surface area contributed by atoms with Gasteiger partial charge in [-0.25, -0.2) is 9.36 Å². The number of fused-ring (bicyclic) bond motifs is 1. The van der Waals surface area contributed by atoms with Gasteiger partial charge in [-0.05, 0) is 55.7 Å². The number of anilines is 1. The highest BCUT2D eigenvalue weighted by Gasteiger charge is 2.24. The summed E-state index contributed by atoms with van der Waals surface area (Å²) in [5.41, 5.74) is 1.51. The van der Waals surface area contributed by atoms with E-state index in [2.05, 4.69) is 5.32 Å². The maximum Gasteiger partial charge on any atom is 0.336 e. The van der Waals surface area contributed by atoms with Crippen molar-refractivity contribution in [2.75, 3.05) is 5.32 Å². The molecular formula is C21H18ClN3O3. The van der Waals surface area contributed by atoms with Crippen LogP contribution in [0.15, 0.2) is 64.2 Å². The lowest BCUT2D eigenvalue weighted by Crippen LogP contribution is -2.43. The first kappa shape index (κ1) is 18.3. The van der Waals surface area contributed by atoms with E-state index in [0.29, 0.717) is 40.5 Å². The monoisotopic (exact) mass is 395 g/mol. The fourth-order valence-electron chi connectivity index (χ4n) is 3.56. The molecule has 0 aliphatic heterocycles. The van der Waals surface area contributed by atoms with Crippen LogP contribution >= 0.6 is 11.6 Å². The maximum atomic E-state index is 13.1. The molecule has 28 heavy (non-hydrogen) atoms. The van der Waals surface area contributed by atoms with E-state index in [1.165, 1.54) is 4.57 Å². The molecule has 1 aliphatic carbocycles. The van der Waals surface area contributed by atoms with Crippen LogP contribution in [0.5, 0.6) is 0 Å². The third-order valence-corrected chi connectivity index (χ3v) is 5.09. The van der Waals surface area contributed by atoms with Gasteiger partial charge in [0.15, 0.2) is 0 Å². The molecule has 2 aromatic carbocycles. The third kappa shape index (κ3) is 3.39. The van der Waals surface area contributed by atoms with E-state index in [-0.39, 0.29) is 18.0 Å². The van der Waals surface area contributed by atoms with Crippen molar-refractivity contribution in [2.24, 2.45) is 0 Å². The first-order valence-electron chi connectivity index (χ1n) is 9.03. The Morgan fingerprint density at radius 1 is 1.00 bits per heavy atom. The van der Waals surface area contributed by atoms with Gasteiger partial charge in [-0.15, -0.1) is 0 Å². The van der Waals surface area contributed by atoms with E-state index >= 15 is 0 Å². The lowest BCUT2D eigenvalue weighted by molar-refractivity contribution is -0.116. The van der Waals surface area contributed by atoms with Crippen LogP contribution in [-0.2, 0) is 24.2 Å². The molecule has 0 unspecified atom stereocenters. The van der Waals surface area contributed by atoms with Crippen molar-refractivity contribution in [1.29, 1.82) is 0 Å². The summed E-state index contributed by atoms with van der Waals surface area (Å²) in [7, 11) is 0. The number of hydrogen-bond acceptors (Lipinski definition) is 3. The number of aromatic nitrogens is 2. The second-order valence-electron chi connectivity index (χ2n) is 6.68. The number of nitrogens with zero attached hydrogens (tertiary/aromatic N) is 2. The minimum Gasteiger partial charge on any atom is -0.325 e. The van der Waals surface area contributed by atoms with Gasteiger partial charge >= 0.3 is 5.69 Å². The van der Waals surface area contributed by atoms with E-state index < -0.39 is 5.69 Å². The highest BCUT2D eigenvalue weighted by molar-refractivity contribution is 6.30. The van der Waals surface area contributed by atoms with Crippen molar-refractivity contribution < 1.29 is 4.79 Å². The van der Waals surface area contributed by atoms with Gasteiger partial charge in [-0.2, -0.15) is 0 Å². The standard InChI is InChI=1S/C21H18ClN3O3/c22-14-9-11-16(12-10-14)25-20(27)17-7-4-8-18(17)24(21(25)28)13-19(26)23-15-5-2-1-3-6-15/h1-3,5-6,9-12H,4,7-8,13H2,(H,23,26). The number of carbonyl (C=O) groups excluding carboxylic acids is 1. The molecule has 0 atom stereocenters. The van der Waals surface area contributed by atoms with Gasteiger partial charge in [0, 0.05) is 22.0 Å². The highest BCUT2D eigenvalue weighted by Crippen LogP contribution is 2.19. The van der Waals surface area contributed by atoms with E-state index in [1.54, 1.807) is 36.4 Å². The number of nitrogens with one attached hydrogen (secondary N) is 1. The molecule has 1 heterocycles. The second kappa shape index (κ2) is 7.48. The molecular weight excluding hydrogens is 378 g/mol. The molecule has 1 amide bonds. The Kier molecular flexibility index (Phi) is 4.88. The minimum absolute atomic E-state index is 0.149. The maximum absolute atomic E-state index is 13.1. The molecule has 4 rings (SSSR count). The number of para-hydroxylation sites is 1. The largest absolute Gasteiger partial charge is 0.336 e. The van der Waals surface area contributed by atoms with Crippen molar-refractivity contribution in [1.82, 2.24) is 9.13 Å². The normalized spacial score (nSPS) is 12.6. The van der Waals surface area contributed by atoms with E-state index in [1.807, 2.05) is 18.2 Å². The zero-order valence-corrected chi connectivity index (χ0v) is 15.8. The smallest absolute Gasteiger partial charge is 0.325 e.